The summed E-state index contributed by atoms with van der Waals surface area (Å²) in [6.07, 6.45) is 0.955. The number of ether oxygens (including phenoxy) is 1. The van der Waals surface area contributed by atoms with Crippen molar-refractivity contribution in [3.63, 3.8) is 0 Å². The summed E-state index contributed by atoms with van der Waals surface area (Å²) in [5.74, 6) is 1.10. The van der Waals surface area contributed by atoms with Crippen LogP contribution in [0.5, 0.6) is 0 Å². The Morgan fingerprint density at radius 2 is 1.50 bits per heavy atom. The molecule has 0 radical (unpaired) electrons. The highest BCUT2D eigenvalue weighted by Crippen LogP contribution is 2.33. The molecule has 0 saturated heterocycles. The first-order chi connectivity index (χ1) is 14.7. The molecule has 2 aromatic carbocycles. The van der Waals surface area contributed by atoms with Crippen LogP contribution in [0.25, 0.3) is 0 Å². The molecule has 0 aliphatic heterocycles. The predicted molar refractivity (Wildman–Crippen MR) is 137 cm³/mol. The van der Waals surface area contributed by atoms with E-state index in [0.29, 0.717) is 19.1 Å². The highest BCUT2D eigenvalue weighted by atomic mass is 32.2. The molecule has 6 heteroatoms. The molecule has 0 aliphatic carbocycles. The van der Waals surface area contributed by atoms with Crippen LogP contribution in [0.1, 0.15) is 38.8 Å². The summed E-state index contributed by atoms with van der Waals surface area (Å²) in [5, 5.41) is 21.2. The SMILES string of the molecule is C=C(CNC(C)[C@@H](Cc1ccccc1)C(C)SC(C)(C)O)OCc1ccccc1.CO.O. The Morgan fingerprint density at radius 3 is 2.00 bits per heavy atom. The maximum atomic E-state index is 10.3. The first kappa shape index (κ1) is 30.2. The number of thioether (sulfide) groups is 1. The van der Waals surface area contributed by atoms with Crippen molar-refractivity contribution in [2.24, 2.45) is 5.92 Å². The van der Waals surface area contributed by atoms with Crippen LogP contribution in [0, 0.1) is 5.92 Å². The molecule has 180 valence electrons. The van der Waals surface area contributed by atoms with Gasteiger partial charge in [0.2, 0.25) is 0 Å². The molecule has 0 aliphatic rings. The predicted octanol–water partition coefficient (Wildman–Crippen LogP) is 4.19. The number of aliphatic hydroxyl groups excluding tert-OH is 1. The maximum Gasteiger partial charge on any atom is 0.113 e. The van der Waals surface area contributed by atoms with Gasteiger partial charge in [-0.05, 0) is 44.2 Å². The first-order valence-corrected chi connectivity index (χ1v) is 11.6. The van der Waals surface area contributed by atoms with Crippen molar-refractivity contribution in [3.05, 3.63) is 84.1 Å². The highest BCUT2D eigenvalue weighted by Gasteiger charge is 2.28. The van der Waals surface area contributed by atoms with Crippen molar-refractivity contribution in [2.45, 2.75) is 56.9 Å². The Hall–Kier alpha value is -1.83. The van der Waals surface area contributed by atoms with Gasteiger partial charge in [0.25, 0.3) is 0 Å². The second-order valence-electron chi connectivity index (χ2n) is 8.11. The molecule has 2 aromatic rings. The molecule has 0 fully saturated rings. The second kappa shape index (κ2) is 15.9. The summed E-state index contributed by atoms with van der Waals surface area (Å²) in [6, 6.07) is 20.9. The van der Waals surface area contributed by atoms with Crippen molar-refractivity contribution in [1.29, 1.82) is 0 Å². The second-order valence-corrected chi connectivity index (χ2v) is 10.1. The molecule has 0 amide bonds. The summed E-state index contributed by atoms with van der Waals surface area (Å²) in [4.78, 5) is -0.754. The summed E-state index contributed by atoms with van der Waals surface area (Å²) in [5.41, 5.74) is 2.45. The van der Waals surface area contributed by atoms with Gasteiger partial charge in [-0.2, -0.15) is 0 Å². The molecule has 3 atom stereocenters. The van der Waals surface area contributed by atoms with Crippen LogP contribution in [0.3, 0.4) is 0 Å². The number of rotatable bonds is 12. The number of nitrogens with one attached hydrogen (secondary N) is 1. The average molecular weight is 464 g/mol. The Bertz CT molecular complexity index is 734. The normalized spacial score (nSPS) is 13.6. The van der Waals surface area contributed by atoms with Crippen LogP contribution in [0.4, 0.5) is 0 Å². The number of aliphatic hydroxyl groups is 2. The van der Waals surface area contributed by atoms with Crippen LogP contribution in [-0.2, 0) is 17.8 Å². The fourth-order valence-electron chi connectivity index (χ4n) is 3.41. The lowest BCUT2D eigenvalue weighted by atomic mass is 9.90. The third-order valence-corrected chi connectivity index (χ3v) is 6.24. The van der Waals surface area contributed by atoms with E-state index in [4.69, 9.17) is 9.84 Å². The Balaban J connectivity index is 0.00000311. The highest BCUT2D eigenvalue weighted by molar-refractivity contribution is 8.01. The van der Waals surface area contributed by atoms with Crippen LogP contribution in [-0.4, -0.2) is 45.6 Å². The van der Waals surface area contributed by atoms with Crippen LogP contribution >= 0.6 is 11.8 Å². The van der Waals surface area contributed by atoms with Gasteiger partial charge >= 0.3 is 0 Å². The molecule has 0 heterocycles. The third kappa shape index (κ3) is 12.3. The van der Waals surface area contributed by atoms with Crippen molar-refractivity contribution < 1.29 is 20.4 Å². The summed E-state index contributed by atoms with van der Waals surface area (Å²) >= 11 is 1.62. The van der Waals surface area contributed by atoms with Gasteiger partial charge in [-0.3, -0.25) is 0 Å². The van der Waals surface area contributed by atoms with Crippen LogP contribution in [0.15, 0.2) is 73.0 Å². The van der Waals surface area contributed by atoms with Crippen molar-refractivity contribution in [1.82, 2.24) is 5.32 Å². The van der Waals surface area contributed by atoms with Crippen molar-refractivity contribution >= 4 is 11.8 Å². The molecular weight excluding hydrogens is 422 g/mol. The minimum absolute atomic E-state index is 0. The Kier molecular flexibility index (Phi) is 15.0. The van der Waals surface area contributed by atoms with E-state index in [1.165, 1.54) is 5.56 Å². The van der Waals surface area contributed by atoms with E-state index in [2.05, 4.69) is 62.1 Å². The summed E-state index contributed by atoms with van der Waals surface area (Å²) in [6.45, 7) is 13.3. The van der Waals surface area contributed by atoms with E-state index >= 15 is 0 Å². The summed E-state index contributed by atoms with van der Waals surface area (Å²) < 4.78 is 5.82. The lowest BCUT2D eigenvalue weighted by Gasteiger charge is -2.33. The van der Waals surface area contributed by atoms with E-state index in [-0.39, 0.29) is 16.8 Å². The van der Waals surface area contributed by atoms with E-state index in [0.717, 1.165) is 24.9 Å². The molecule has 32 heavy (non-hydrogen) atoms. The monoisotopic (exact) mass is 463 g/mol. The smallest absolute Gasteiger partial charge is 0.113 e. The van der Waals surface area contributed by atoms with Gasteiger partial charge in [0.05, 0.1) is 6.54 Å². The van der Waals surface area contributed by atoms with Gasteiger partial charge in [0, 0.05) is 18.4 Å². The molecule has 0 aromatic heterocycles. The van der Waals surface area contributed by atoms with Crippen molar-refractivity contribution in [3.8, 4) is 0 Å². The first-order valence-electron chi connectivity index (χ1n) is 10.7. The zero-order valence-electron chi connectivity index (χ0n) is 20.0. The molecule has 0 bridgehead atoms. The molecule has 2 rings (SSSR count). The van der Waals surface area contributed by atoms with Gasteiger partial charge in [-0.25, -0.2) is 0 Å². The average Bonchev–Trinajstić information content (AvgIpc) is 2.76. The van der Waals surface area contributed by atoms with E-state index in [9.17, 15) is 5.11 Å². The van der Waals surface area contributed by atoms with Crippen LogP contribution < -0.4 is 5.32 Å². The van der Waals surface area contributed by atoms with Crippen LogP contribution in [0.2, 0.25) is 0 Å². The quantitative estimate of drug-likeness (QED) is 0.324. The largest absolute Gasteiger partial charge is 0.493 e. The topological polar surface area (TPSA) is 93.2 Å². The van der Waals surface area contributed by atoms with Crippen molar-refractivity contribution in [2.75, 3.05) is 13.7 Å². The van der Waals surface area contributed by atoms with E-state index < -0.39 is 4.93 Å². The van der Waals surface area contributed by atoms with Gasteiger partial charge in [-0.15, -0.1) is 11.8 Å². The standard InChI is InChI=1S/C25H35NO2S.CH4O.H2O/c1-19(28-18-23-14-10-7-11-15-23)17-26-20(2)24(21(3)29-25(4,5)27)16-22-12-8-6-9-13-22;1-2;/h6-15,20-21,24,26-27H,1,16-18H2,2-5H3;2H,1H3;1H2/t20?,21?,24-;;/m1../s1. The van der Waals surface area contributed by atoms with E-state index in [1.54, 1.807) is 11.8 Å². The van der Waals surface area contributed by atoms with Gasteiger partial charge in [0.15, 0.2) is 0 Å². The third-order valence-electron chi connectivity index (χ3n) is 4.94. The number of hydrogen-bond acceptors (Lipinski definition) is 5. The molecule has 0 saturated carbocycles. The zero-order chi connectivity index (χ0) is 23.3. The molecular formula is C26H41NO4S. The number of benzene rings is 2. The maximum absolute atomic E-state index is 10.3. The fraction of sp³-hybridized carbons (Fsp3) is 0.462. The lowest BCUT2D eigenvalue weighted by Crippen LogP contribution is -2.41. The Labute approximate surface area is 198 Å². The van der Waals surface area contributed by atoms with E-state index in [1.807, 2.05) is 38.1 Å². The number of hydrogen-bond donors (Lipinski definition) is 3. The molecule has 0 spiro atoms. The minimum atomic E-state index is -0.754. The zero-order valence-corrected chi connectivity index (χ0v) is 20.9. The fourth-order valence-corrected chi connectivity index (χ4v) is 4.83. The molecule has 2 unspecified atom stereocenters. The summed E-state index contributed by atoms with van der Waals surface area (Å²) in [7, 11) is 1.00. The van der Waals surface area contributed by atoms with Gasteiger partial charge < -0.3 is 25.7 Å². The van der Waals surface area contributed by atoms with Gasteiger partial charge in [-0.1, -0.05) is 74.2 Å². The molecule has 5 nitrogen and oxygen atoms in total. The lowest BCUT2D eigenvalue weighted by molar-refractivity contribution is 0.176. The Morgan fingerprint density at radius 1 is 1.00 bits per heavy atom. The molecule has 5 N–H and O–H groups in total. The minimum Gasteiger partial charge on any atom is -0.493 e. The van der Waals surface area contributed by atoms with Gasteiger partial charge in [0.1, 0.15) is 17.3 Å².